The number of carbonyl (C=O) groups excluding carboxylic acids is 2. The largest absolute Gasteiger partial charge is 0.339 e. The Morgan fingerprint density at radius 1 is 0.613 bits per heavy atom. The summed E-state index contributed by atoms with van der Waals surface area (Å²) in [6, 6.07) is 0. The summed E-state index contributed by atoms with van der Waals surface area (Å²) in [7, 11) is 0. The number of rotatable bonds is 13. The molecule has 1 fully saturated rings. The van der Waals surface area contributed by atoms with E-state index in [1.54, 1.807) is 6.92 Å². The number of allylic oxidation sites excluding steroid dienone is 7. The van der Waals surface area contributed by atoms with Gasteiger partial charge in [-0.1, -0.05) is 41.0 Å². The molecule has 0 atom stereocenters. The van der Waals surface area contributed by atoms with Gasteiger partial charge in [0, 0.05) is 25.1 Å². The van der Waals surface area contributed by atoms with Crippen LogP contribution in [-0.2, 0) is 9.59 Å². The fraction of sp³-hybridized carbons (Fsp3) is 0.643. The Kier molecular flexibility index (Phi) is 13.9. The Morgan fingerprint density at radius 2 is 1.03 bits per heavy atom. The average molecular weight is 428 g/mol. The van der Waals surface area contributed by atoms with Crippen LogP contribution in [0.2, 0.25) is 0 Å². The summed E-state index contributed by atoms with van der Waals surface area (Å²) in [5.74, 6) is 0.492. The maximum Gasteiger partial charge on any atom is 0.249 e. The van der Waals surface area contributed by atoms with Crippen LogP contribution in [0.4, 0.5) is 0 Å². The molecule has 0 spiro atoms. The minimum atomic E-state index is 0.228. The molecule has 0 radical (unpaired) electrons. The first-order valence-corrected chi connectivity index (χ1v) is 12.2. The van der Waals surface area contributed by atoms with Crippen LogP contribution in [0.25, 0.3) is 0 Å². The van der Waals surface area contributed by atoms with Crippen molar-refractivity contribution in [3.05, 3.63) is 46.6 Å². The van der Waals surface area contributed by atoms with Gasteiger partial charge in [-0.2, -0.15) is 0 Å². The average Bonchev–Trinajstić information content (AvgIpc) is 2.73. The molecule has 3 heteroatoms. The van der Waals surface area contributed by atoms with Crippen LogP contribution in [0.5, 0.6) is 0 Å². The molecule has 3 nitrogen and oxygen atoms in total. The van der Waals surface area contributed by atoms with Crippen molar-refractivity contribution < 1.29 is 9.59 Å². The molecule has 0 bridgehead atoms. The second-order valence-corrected chi connectivity index (χ2v) is 9.25. The second kappa shape index (κ2) is 15.8. The van der Waals surface area contributed by atoms with Crippen LogP contribution >= 0.6 is 0 Å². The van der Waals surface area contributed by atoms with E-state index in [0.717, 1.165) is 76.5 Å². The van der Waals surface area contributed by atoms with Gasteiger partial charge in [-0.25, -0.2) is 0 Å². The highest BCUT2D eigenvalue weighted by molar-refractivity contribution is 5.92. The molecular formula is C28H45NO2. The summed E-state index contributed by atoms with van der Waals surface area (Å²) in [5, 5.41) is 0. The van der Waals surface area contributed by atoms with Crippen LogP contribution in [-0.4, -0.2) is 29.7 Å². The smallest absolute Gasteiger partial charge is 0.249 e. The van der Waals surface area contributed by atoms with Crippen LogP contribution in [0.3, 0.4) is 0 Å². The van der Waals surface area contributed by atoms with E-state index in [1.165, 1.54) is 23.1 Å². The van der Waals surface area contributed by atoms with Gasteiger partial charge in [0.15, 0.2) is 0 Å². The number of hydrogen-bond acceptors (Lipinski definition) is 2. The monoisotopic (exact) mass is 427 g/mol. The Morgan fingerprint density at radius 3 is 1.48 bits per heavy atom. The van der Waals surface area contributed by atoms with E-state index in [-0.39, 0.29) is 11.7 Å². The van der Waals surface area contributed by atoms with Crippen molar-refractivity contribution in [3.8, 4) is 0 Å². The molecule has 0 aliphatic carbocycles. The Bertz CT molecular complexity index is 688. The summed E-state index contributed by atoms with van der Waals surface area (Å²) < 4.78 is 0. The lowest BCUT2D eigenvalue weighted by atomic mass is 10.0. The lowest BCUT2D eigenvalue weighted by molar-refractivity contribution is -0.128. The molecule has 0 aromatic heterocycles. The zero-order chi connectivity index (χ0) is 23.1. The Hall–Kier alpha value is -1.90. The van der Waals surface area contributed by atoms with Crippen molar-refractivity contribution in [2.45, 2.75) is 105 Å². The summed E-state index contributed by atoms with van der Waals surface area (Å²) in [4.78, 5) is 25.4. The number of carbonyl (C=O) groups is 2. The van der Waals surface area contributed by atoms with Crippen molar-refractivity contribution in [3.63, 3.8) is 0 Å². The molecule has 1 rings (SSSR count). The van der Waals surface area contributed by atoms with Gasteiger partial charge in [0.2, 0.25) is 5.91 Å². The number of amides is 1. The third-order valence-corrected chi connectivity index (χ3v) is 6.02. The van der Waals surface area contributed by atoms with Gasteiger partial charge in [-0.15, -0.1) is 0 Å². The highest BCUT2D eigenvalue weighted by Crippen LogP contribution is 2.15. The van der Waals surface area contributed by atoms with Gasteiger partial charge in [-0.05, 0) is 98.8 Å². The number of hydrogen-bond donors (Lipinski definition) is 0. The van der Waals surface area contributed by atoms with Gasteiger partial charge >= 0.3 is 0 Å². The molecule has 1 saturated heterocycles. The van der Waals surface area contributed by atoms with Gasteiger partial charge < -0.3 is 9.69 Å². The van der Waals surface area contributed by atoms with E-state index in [9.17, 15) is 9.59 Å². The minimum absolute atomic E-state index is 0.228. The first kappa shape index (κ1) is 27.1. The lowest BCUT2D eigenvalue weighted by Gasteiger charge is -2.27. The normalized spacial score (nSPS) is 16.6. The van der Waals surface area contributed by atoms with E-state index >= 15 is 0 Å². The highest BCUT2D eigenvalue weighted by atomic mass is 16.2. The van der Waals surface area contributed by atoms with Gasteiger partial charge in [0.1, 0.15) is 5.78 Å². The molecule has 0 N–H and O–H groups in total. The number of piperidine rings is 1. The Labute approximate surface area is 191 Å². The number of likely N-dealkylation sites (tertiary alicyclic amines) is 1. The summed E-state index contributed by atoms with van der Waals surface area (Å²) >= 11 is 0. The molecule has 0 aromatic carbocycles. The zero-order valence-electron chi connectivity index (χ0n) is 20.8. The summed E-state index contributed by atoms with van der Waals surface area (Å²) in [5.41, 5.74) is 5.14. The molecule has 1 heterocycles. The van der Waals surface area contributed by atoms with Crippen LogP contribution in [0.15, 0.2) is 46.6 Å². The van der Waals surface area contributed by atoms with Crippen molar-refractivity contribution >= 4 is 11.7 Å². The van der Waals surface area contributed by atoms with E-state index in [0.29, 0.717) is 6.42 Å². The Balaban J connectivity index is 2.26. The molecule has 31 heavy (non-hydrogen) atoms. The minimum Gasteiger partial charge on any atom is -0.339 e. The third-order valence-electron chi connectivity index (χ3n) is 6.02. The number of Topliss-reactive ketones (excluding diaryl/α,β-unsaturated/α-hetero) is 1. The maximum atomic E-state index is 12.4. The van der Waals surface area contributed by atoms with E-state index in [2.05, 4.69) is 45.1 Å². The van der Waals surface area contributed by atoms with Crippen molar-refractivity contribution in [2.75, 3.05) is 13.1 Å². The highest BCUT2D eigenvalue weighted by Gasteiger charge is 2.17. The molecule has 0 saturated carbocycles. The maximum absolute atomic E-state index is 12.4. The van der Waals surface area contributed by atoms with Gasteiger partial charge in [0.25, 0.3) is 0 Å². The predicted molar refractivity (Wildman–Crippen MR) is 133 cm³/mol. The summed E-state index contributed by atoms with van der Waals surface area (Å²) in [6.07, 6.45) is 20.4. The molecular weight excluding hydrogens is 382 g/mol. The second-order valence-electron chi connectivity index (χ2n) is 9.25. The van der Waals surface area contributed by atoms with Crippen molar-refractivity contribution in [2.24, 2.45) is 0 Å². The number of nitrogens with zero attached hydrogens (tertiary/aromatic N) is 1. The zero-order valence-corrected chi connectivity index (χ0v) is 20.8. The first-order valence-electron chi connectivity index (χ1n) is 12.2. The van der Waals surface area contributed by atoms with Crippen molar-refractivity contribution in [1.29, 1.82) is 0 Å². The molecule has 0 unspecified atom stereocenters. The van der Waals surface area contributed by atoms with Crippen molar-refractivity contribution in [1.82, 2.24) is 4.90 Å². The van der Waals surface area contributed by atoms with E-state index in [4.69, 9.17) is 0 Å². The first-order chi connectivity index (χ1) is 14.8. The quantitative estimate of drug-likeness (QED) is 0.225. The van der Waals surface area contributed by atoms with E-state index in [1.807, 2.05) is 11.8 Å². The molecule has 1 aliphatic heterocycles. The van der Waals surface area contributed by atoms with Crippen LogP contribution < -0.4 is 0 Å². The van der Waals surface area contributed by atoms with Gasteiger partial charge in [-0.3, -0.25) is 4.79 Å². The van der Waals surface area contributed by atoms with Crippen LogP contribution in [0.1, 0.15) is 105 Å². The predicted octanol–water partition coefficient (Wildman–Crippen LogP) is 7.49. The molecule has 1 amide bonds. The SMILES string of the molecule is CC(=O)CC/C=C(\C)CC/C=C(\C)CC/C=C(\C)CC/C=C(\C)C(=O)N1CCCCC1. The molecule has 1 aliphatic rings. The fourth-order valence-electron chi connectivity index (χ4n) is 3.87. The molecule has 0 aromatic rings. The third kappa shape index (κ3) is 13.2. The van der Waals surface area contributed by atoms with E-state index < -0.39 is 0 Å². The topological polar surface area (TPSA) is 37.4 Å². The van der Waals surface area contributed by atoms with Crippen LogP contribution in [0, 0.1) is 0 Å². The summed E-state index contributed by atoms with van der Waals surface area (Å²) in [6.45, 7) is 12.0. The number of ketones is 1. The fourth-order valence-corrected chi connectivity index (χ4v) is 3.87. The lowest BCUT2D eigenvalue weighted by Crippen LogP contribution is -2.36. The molecule has 174 valence electrons. The standard InChI is InChI=1S/C28H45NO2/c1-23(14-10-16-25(3)18-12-20-27(5)30)13-9-15-24(2)17-11-19-26(4)28(31)29-21-7-6-8-22-29/h14-15,18-19H,6-13,16-17,20-22H2,1-5H3/b23-14+,24-15+,25-18+,26-19+. The van der Waals surface area contributed by atoms with Gasteiger partial charge in [0.05, 0.1) is 0 Å².